The molecule has 0 bridgehead atoms. The van der Waals surface area contributed by atoms with Crippen LogP contribution < -0.4 is 5.32 Å². The highest BCUT2D eigenvalue weighted by Gasteiger charge is 2.10. The lowest BCUT2D eigenvalue weighted by molar-refractivity contribution is 0.0951. The average Bonchev–Trinajstić information content (AvgIpc) is 2.58. The molecule has 1 N–H and O–H groups in total. The van der Waals surface area contributed by atoms with Gasteiger partial charge in [0, 0.05) is 11.9 Å². The summed E-state index contributed by atoms with van der Waals surface area (Å²) >= 11 is 5.79. The van der Waals surface area contributed by atoms with Crippen LogP contribution in [0.4, 0.5) is 0 Å². The van der Waals surface area contributed by atoms with E-state index in [1.165, 1.54) is 6.26 Å². The summed E-state index contributed by atoms with van der Waals surface area (Å²) in [6, 6.07) is 1.68. The third-order valence-corrected chi connectivity index (χ3v) is 2.39. The van der Waals surface area contributed by atoms with Gasteiger partial charge in [-0.25, -0.2) is 0 Å². The molecule has 0 saturated carbocycles. The van der Waals surface area contributed by atoms with Crippen LogP contribution in [0.25, 0.3) is 0 Å². The number of alkyl halides is 1. The Labute approximate surface area is 94.8 Å². The summed E-state index contributed by atoms with van der Waals surface area (Å²) in [4.78, 5) is 11.6. The molecular formula is C11H16ClNO2. The molecule has 1 aromatic heterocycles. The Morgan fingerprint density at radius 2 is 2.40 bits per heavy atom. The molecule has 0 spiro atoms. The third kappa shape index (κ3) is 3.96. The largest absolute Gasteiger partial charge is 0.469 e. The number of furan rings is 1. The van der Waals surface area contributed by atoms with Crippen molar-refractivity contribution in [1.82, 2.24) is 5.32 Å². The molecule has 0 aromatic carbocycles. The zero-order valence-electron chi connectivity index (χ0n) is 9.05. The first kappa shape index (κ1) is 12.1. The molecule has 0 radical (unpaired) electrons. The van der Waals surface area contributed by atoms with E-state index in [9.17, 15) is 4.79 Å². The number of aryl methyl sites for hydroxylation is 1. The van der Waals surface area contributed by atoms with Gasteiger partial charge >= 0.3 is 0 Å². The van der Waals surface area contributed by atoms with E-state index >= 15 is 0 Å². The van der Waals surface area contributed by atoms with Crippen molar-refractivity contribution in [2.75, 3.05) is 6.54 Å². The number of rotatable bonds is 5. The summed E-state index contributed by atoms with van der Waals surface area (Å²) in [6.45, 7) is 4.37. The van der Waals surface area contributed by atoms with Crippen LogP contribution in [0, 0.1) is 6.92 Å². The Balaban J connectivity index is 2.28. The van der Waals surface area contributed by atoms with Crippen molar-refractivity contribution in [3.8, 4) is 0 Å². The summed E-state index contributed by atoms with van der Waals surface area (Å²) in [6.07, 6.45) is 3.32. The van der Waals surface area contributed by atoms with E-state index in [2.05, 4.69) is 5.32 Å². The Hall–Kier alpha value is -0.960. The fraction of sp³-hybridized carbons (Fsp3) is 0.545. The van der Waals surface area contributed by atoms with Gasteiger partial charge in [-0.05, 0) is 32.8 Å². The maximum atomic E-state index is 11.6. The van der Waals surface area contributed by atoms with E-state index < -0.39 is 0 Å². The Morgan fingerprint density at radius 3 is 2.93 bits per heavy atom. The Bertz CT molecular complexity index is 320. The molecule has 0 saturated heterocycles. The highest BCUT2D eigenvalue weighted by atomic mass is 35.5. The fourth-order valence-corrected chi connectivity index (χ4v) is 1.46. The van der Waals surface area contributed by atoms with Gasteiger partial charge in [-0.15, -0.1) is 11.6 Å². The molecule has 0 aliphatic rings. The molecule has 0 fully saturated rings. The van der Waals surface area contributed by atoms with Gasteiger partial charge in [-0.3, -0.25) is 4.79 Å². The van der Waals surface area contributed by atoms with Gasteiger partial charge in [-0.1, -0.05) is 0 Å². The van der Waals surface area contributed by atoms with Crippen molar-refractivity contribution < 1.29 is 9.21 Å². The van der Waals surface area contributed by atoms with Gasteiger partial charge in [0.05, 0.1) is 11.8 Å². The zero-order chi connectivity index (χ0) is 11.3. The predicted molar refractivity (Wildman–Crippen MR) is 60.3 cm³/mol. The molecule has 1 rings (SSSR count). The van der Waals surface area contributed by atoms with Gasteiger partial charge in [-0.2, -0.15) is 0 Å². The lowest BCUT2D eigenvalue weighted by atomic mass is 10.2. The minimum atomic E-state index is -0.0801. The Morgan fingerprint density at radius 1 is 1.67 bits per heavy atom. The summed E-state index contributed by atoms with van der Waals surface area (Å²) in [7, 11) is 0. The predicted octanol–water partition coefficient (Wildman–Crippen LogP) is 2.73. The van der Waals surface area contributed by atoms with E-state index in [1.54, 1.807) is 13.0 Å². The van der Waals surface area contributed by atoms with Crippen LogP contribution in [0.1, 0.15) is 35.9 Å². The average molecular weight is 230 g/mol. The van der Waals surface area contributed by atoms with Gasteiger partial charge in [0.15, 0.2) is 0 Å². The molecule has 1 aromatic rings. The first-order valence-corrected chi connectivity index (χ1v) is 5.51. The second-order valence-electron chi connectivity index (χ2n) is 3.57. The molecule has 1 heterocycles. The first-order chi connectivity index (χ1) is 7.11. The molecule has 0 aliphatic heterocycles. The second kappa shape index (κ2) is 5.81. The van der Waals surface area contributed by atoms with Crippen LogP contribution in [0.2, 0.25) is 0 Å². The minimum Gasteiger partial charge on any atom is -0.469 e. The first-order valence-electron chi connectivity index (χ1n) is 5.07. The van der Waals surface area contributed by atoms with E-state index in [-0.39, 0.29) is 11.3 Å². The highest BCUT2D eigenvalue weighted by Crippen LogP contribution is 2.08. The van der Waals surface area contributed by atoms with Crippen LogP contribution in [0.5, 0.6) is 0 Å². The Kier molecular flexibility index (Phi) is 4.69. The number of halogens is 1. The molecule has 1 unspecified atom stereocenters. The van der Waals surface area contributed by atoms with Gasteiger partial charge < -0.3 is 9.73 Å². The lowest BCUT2D eigenvalue weighted by Crippen LogP contribution is -2.24. The lowest BCUT2D eigenvalue weighted by Gasteiger charge is -2.05. The van der Waals surface area contributed by atoms with E-state index in [0.717, 1.165) is 12.8 Å². The molecule has 1 atom stereocenters. The maximum Gasteiger partial charge on any atom is 0.254 e. The summed E-state index contributed by atoms with van der Waals surface area (Å²) in [5, 5.41) is 2.99. The molecule has 4 heteroatoms. The molecule has 1 amide bonds. The van der Waals surface area contributed by atoms with E-state index in [1.807, 2.05) is 6.92 Å². The number of carbonyl (C=O) groups is 1. The highest BCUT2D eigenvalue weighted by molar-refractivity contribution is 6.20. The van der Waals surface area contributed by atoms with Gasteiger partial charge in [0.1, 0.15) is 5.76 Å². The van der Waals surface area contributed by atoms with Crippen molar-refractivity contribution in [1.29, 1.82) is 0 Å². The number of carbonyl (C=O) groups excluding carboxylic acids is 1. The van der Waals surface area contributed by atoms with Crippen LogP contribution in [-0.2, 0) is 0 Å². The smallest absolute Gasteiger partial charge is 0.254 e. The maximum absolute atomic E-state index is 11.6. The summed E-state index contributed by atoms with van der Waals surface area (Å²) in [5.74, 6) is 0.571. The van der Waals surface area contributed by atoms with Crippen molar-refractivity contribution in [3.63, 3.8) is 0 Å². The molecule has 3 nitrogen and oxygen atoms in total. The summed E-state index contributed by atoms with van der Waals surface area (Å²) in [5.41, 5.74) is 0.605. The normalized spacial score (nSPS) is 12.5. The summed E-state index contributed by atoms with van der Waals surface area (Å²) < 4.78 is 5.05. The molecule has 15 heavy (non-hydrogen) atoms. The topological polar surface area (TPSA) is 42.2 Å². The molecular weight excluding hydrogens is 214 g/mol. The number of amides is 1. The monoisotopic (exact) mass is 229 g/mol. The number of hydrogen-bond donors (Lipinski definition) is 1. The van der Waals surface area contributed by atoms with Crippen molar-refractivity contribution in [2.24, 2.45) is 0 Å². The third-order valence-electron chi connectivity index (χ3n) is 2.17. The molecule has 0 aliphatic carbocycles. The van der Waals surface area contributed by atoms with E-state index in [4.69, 9.17) is 16.0 Å². The standard InChI is InChI=1S/C11H16ClNO2/c1-8(12)4-3-6-13-11(14)10-5-7-15-9(10)2/h5,7-8H,3-4,6H2,1-2H3,(H,13,14). The number of nitrogens with one attached hydrogen (secondary N) is 1. The SMILES string of the molecule is Cc1occc1C(=O)NCCCC(C)Cl. The van der Waals surface area contributed by atoms with Crippen LogP contribution in [0.3, 0.4) is 0 Å². The second-order valence-corrected chi connectivity index (χ2v) is 4.31. The minimum absolute atomic E-state index is 0.0801. The van der Waals surface area contributed by atoms with Crippen molar-refractivity contribution >= 4 is 17.5 Å². The van der Waals surface area contributed by atoms with Crippen molar-refractivity contribution in [3.05, 3.63) is 23.7 Å². The van der Waals surface area contributed by atoms with Crippen molar-refractivity contribution in [2.45, 2.75) is 32.1 Å². The van der Waals surface area contributed by atoms with Crippen LogP contribution >= 0.6 is 11.6 Å². The fourth-order valence-electron chi connectivity index (χ4n) is 1.30. The van der Waals surface area contributed by atoms with E-state index in [0.29, 0.717) is 17.9 Å². The quantitative estimate of drug-likeness (QED) is 0.623. The van der Waals surface area contributed by atoms with Crippen LogP contribution in [-0.4, -0.2) is 17.8 Å². The molecule has 84 valence electrons. The zero-order valence-corrected chi connectivity index (χ0v) is 9.80. The van der Waals surface area contributed by atoms with Gasteiger partial charge in [0.2, 0.25) is 0 Å². The van der Waals surface area contributed by atoms with Crippen LogP contribution in [0.15, 0.2) is 16.7 Å². The number of hydrogen-bond acceptors (Lipinski definition) is 2. The van der Waals surface area contributed by atoms with Gasteiger partial charge in [0.25, 0.3) is 5.91 Å².